The van der Waals surface area contributed by atoms with Crippen molar-refractivity contribution in [3.05, 3.63) is 20.3 Å². The summed E-state index contributed by atoms with van der Waals surface area (Å²) in [6.07, 6.45) is 0. The molecular formula is C8H10BrN5S. The molecule has 0 aromatic carbocycles. The van der Waals surface area contributed by atoms with E-state index in [0.717, 1.165) is 10.7 Å². The van der Waals surface area contributed by atoms with Gasteiger partial charge in [-0.2, -0.15) is 4.98 Å². The first-order valence-corrected chi connectivity index (χ1v) is 5.96. The van der Waals surface area contributed by atoms with E-state index in [4.69, 9.17) is 5.73 Å². The van der Waals surface area contributed by atoms with Crippen LogP contribution >= 0.6 is 27.3 Å². The van der Waals surface area contributed by atoms with Crippen LogP contribution in [0.3, 0.4) is 0 Å². The van der Waals surface area contributed by atoms with Gasteiger partial charge in [0, 0.05) is 4.88 Å². The molecule has 0 aliphatic rings. The van der Waals surface area contributed by atoms with Gasteiger partial charge in [0.25, 0.3) is 0 Å². The Hall–Kier alpha value is -0.950. The molecule has 2 heterocycles. The molecule has 0 amide bonds. The van der Waals surface area contributed by atoms with Crippen molar-refractivity contribution in [3.63, 3.8) is 0 Å². The Balaban J connectivity index is 2.29. The zero-order valence-electron chi connectivity index (χ0n) is 8.36. The van der Waals surface area contributed by atoms with Crippen molar-refractivity contribution in [1.82, 2.24) is 19.7 Å². The fourth-order valence-electron chi connectivity index (χ4n) is 1.30. The predicted molar refractivity (Wildman–Crippen MR) is 62.8 cm³/mol. The largest absolute Gasteiger partial charge is 0.366 e. The lowest BCUT2D eigenvalue weighted by Crippen LogP contribution is -2.02. The van der Waals surface area contributed by atoms with Gasteiger partial charge in [0.1, 0.15) is 0 Å². The lowest BCUT2D eigenvalue weighted by Gasteiger charge is -1.99. The molecule has 0 saturated carbocycles. The lowest BCUT2D eigenvalue weighted by atomic mass is 10.4. The number of anilines is 1. The second-order valence-corrected chi connectivity index (χ2v) is 5.14. The van der Waals surface area contributed by atoms with E-state index < -0.39 is 0 Å². The van der Waals surface area contributed by atoms with Crippen molar-refractivity contribution in [2.45, 2.75) is 20.4 Å². The molecular weight excluding hydrogens is 278 g/mol. The molecule has 2 aromatic heterocycles. The molecule has 80 valence electrons. The highest BCUT2D eigenvalue weighted by atomic mass is 79.9. The molecule has 0 unspecified atom stereocenters. The van der Waals surface area contributed by atoms with Crippen LogP contribution in [-0.4, -0.2) is 19.7 Å². The van der Waals surface area contributed by atoms with Gasteiger partial charge < -0.3 is 5.73 Å². The Bertz CT molecular complexity index is 445. The minimum Gasteiger partial charge on any atom is -0.366 e. The van der Waals surface area contributed by atoms with E-state index in [-0.39, 0.29) is 5.95 Å². The summed E-state index contributed by atoms with van der Waals surface area (Å²) in [5.41, 5.74) is 6.53. The molecule has 0 radical (unpaired) electrons. The van der Waals surface area contributed by atoms with Gasteiger partial charge in [-0.1, -0.05) is 0 Å². The second-order valence-electron chi connectivity index (χ2n) is 3.14. The molecule has 0 saturated heterocycles. The summed E-state index contributed by atoms with van der Waals surface area (Å²) < 4.78 is 2.36. The number of hydrogen-bond acceptors (Lipinski definition) is 5. The number of nitrogens with two attached hydrogens (primary N) is 1. The summed E-state index contributed by atoms with van der Waals surface area (Å²) in [5, 5.41) is 5.13. The van der Waals surface area contributed by atoms with Crippen molar-refractivity contribution in [3.8, 4) is 0 Å². The van der Waals surface area contributed by atoms with E-state index in [2.05, 4.69) is 31.0 Å². The van der Waals surface area contributed by atoms with Crippen molar-refractivity contribution in [2.75, 3.05) is 5.73 Å². The average Bonchev–Trinajstić information content (AvgIpc) is 2.58. The number of halogens is 1. The maximum Gasteiger partial charge on any atom is 0.240 e. The van der Waals surface area contributed by atoms with Crippen molar-refractivity contribution in [1.29, 1.82) is 0 Å². The van der Waals surface area contributed by atoms with E-state index in [1.54, 1.807) is 16.0 Å². The van der Waals surface area contributed by atoms with Gasteiger partial charge in [-0.25, -0.2) is 9.67 Å². The third-order valence-corrected chi connectivity index (χ3v) is 3.58. The zero-order chi connectivity index (χ0) is 11.0. The molecule has 0 bridgehead atoms. The molecule has 2 N–H and O–H groups in total. The first-order chi connectivity index (χ1) is 7.06. The summed E-state index contributed by atoms with van der Waals surface area (Å²) in [7, 11) is 0. The highest BCUT2D eigenvalue weighted by molar-refractivity contribution is 9.10. The molecule has 2 rings (SSSR count). The minimum atomic E-state index is 0.278. The van der Waals surface area contributed by atoms with Crippen molar-refractivity contribution in [2.24, 2.45) is 0 Å². The van der Waals surface area contributed by atoms with Gasteiger partial charge in [0.15, 0.2) is 4.73 Å². The number of rotatable bonds is 2. The first-order valence-electron chi connectivity index (χ1n) is 4.35. The highest BCUT2D eigenvalue weighted by Gasteiger charge is 2.09. The highest BCUT2D eigenvalue weighted by Crippen LogP contribution is 2.20. The molecule has 0 spiro atoms. The van der Waals surface area contributed by atoms with Crippen LogP contribution in [0.25, 0.3) is 0 Å². The van der Waals surface area contributed by atoms with Gasteiger partial charge in [0.2, 0.25) is 5.95 Å². The van der Waals surface area contributed by atoms with Crippen LogP contribution in [0.4, 0.5) is 5.95 Å². The number of aryl methyl sites for hydroxylation is 2. The predicted octanol–water partition coefficient (Wildman–Crippen LogP) is 1.74. The van der Waals surface area contributed by atoms with E-state index in [9.17, 15) is 0 Å². The molecule has 0 aliphatic carbocycles. The van der Waals surface area contributed by atoms with Gasteiger partial charge >= 0.3 is 0 Å². The minimum absolute atomic E-state index is 0.278. The summed E-state index contributed by atoms with van der Waals surface area (Å²) in [6.45, 7) is 4.64. The molecule has 7 heteroatoms. The number of thiazole rings is 1. The number of hydrogen-bond donors (Lipinski definition) is 1. The third kappa shape index (κ3) is 2.18. The molecule has 0 aliphatic heterocycles. The quantitative estimate of drug-likeness (QED) is 0.914. The van der Waals surface area contributed by atoms with E-state index in [0.29, 0.717) is 11.3 Å². The molecule has 5 nitrogen and oxygen atoms in total. The summed E-state index contributed by atoms with van der Waals surface area (Å²) in [6, 6.07) is 0. The van der Waals surface area contributed by atoms with E-state index in [1.165, 1.54) is 4.88 Å². The monoisotopic (exact) mass is 287 g/mol. The average molecular weight is 288 g/mol. The number of nitrogen functional groups attached to an aromatic ring is 1. The Labute approximate surface area is 99.5 Å². The standard InChI is InChI=1S/C8H10BrN5S/c1-4-6(15-5(2)11-4)3-14-7(9)12-8(10)13-14/h3H2,1-2H3,(H2,10,13). The van der Waals surface area contributed by atoms with Crippen LogP contribution in [0.1, 0.15) is 15.6 Å². The first kappa shape index (κ1) is 10.6. The Kier molecular flexibility index (Phi) is 2.74. The van der Waals surface area contributed by atoms with Gasteiger partial charge in [-0.15, -0.1) is 16.4 Å². The smallest absolute Gasteiger partial charge is 0.240 e. The Morgan fingerprint density at radius 2 is 2.13 bits per heavy atom. The molecule has 2 aromatic rings. The Morgan fingerprint density at radius 1 is 1.40 bits per heavy atom. The van der Waals surface area contributed by atoms with Gasteiger partial charge in [-0.05, 0) is 29.8 Å². The summed E-state index contributed by atoms with van der Waals surface area (Å²) in [4.78, 5) is 9.51. The van der Waals surface area contributed by atoms with Crippen LogP contribution in [-0.2, 0) is 6.54 Å². The fourth-order valence-corrected chi connectivity index (χ4v) is 2.60. The maximum absolute atomic E-state index is 5.49. The molecule has 0 fully saturated rings. The molecule has 15 heavy (non-hydrogen) atoms. The topological polar surface area (TPSA) is 69.6 Å². The van der Waals surface area contributed by atoms with E-state index in [1.807, 2.05) is 13.8 Å². The maximum atomic E-state index is 5.49. The van der Waals surface area contributed by atoms with Crippen LogP contribution in [0.15, 0.2) is 4.73 Å². The van der Waals surface area contributed by atoms with Crippen LogP contribution < -0.4 is 5.73 Å². The second kappa shape index (κ2) is 3.90. The number of nitrogens with zero attached hydrogens (tertiary/aromatic N) is 4. The van der Waals surface area contributed by atoms with Gasteiger partial charge in [0.05, 0.1) is 17.2 Å². The van der Waals surface area contributed by atoms with E-state index >= 15 is 0 Å². The normalized spacial score (nSPS) is 10.9. The third-order valence-electron chi connectivity index (χ3n) is 1.94. The van der Waals surface area contributed by atoms with Crippen molar-refractivity contribution < 1.29 is 0 Å². The van der Waals surface area contributed by atoms with Gasteiger partial charge in [-0.3, -0.25) is 0 Å². The number of aromatic nitrogens is 4. The van der Waals surface area contributed by atoms with Crippen LogP contribution in [0.2, 0.25) is 0 Å². The molecule has 0 atom stereocenters. The zero-order valence-corrected chi connectivity index (χ0v) is 10.8. The summed E-state index contributed by atoms with van der Waals surface area (Å²) in [5.74, 6) is 0.278. The Morgan fingerprint density at radius 3 is 2.60 bits per heavy atom. The van der Waals surface area contributed by atoms with Crippen LogP contribution in [0.5, 0.6) is 0 Å². The lowest BCUT2D eigenvalue weighted by molar-refractivity contribution is 0.674. The summed E-state index contributed by atoms with van der Waals surface area (Å²) >= 11 is 4.97. The van der Waals surface area contributed by atoms with Crippen LogP contribution in [0, 0.1) is 13.8 Å². The fraction of sp³-hybridized carbons (Fsp3) is 0.375. The van der Waals surface area contributed by atoms with Crippen molar-refractivity contribution >= 4 is 33.2 Å². The SMILES string of the molecule is Cc1nc(C)c(Cn2nc(N)nc2Br)s1.